The minimum atomic E-state index is -0.00980. The number of aromatic nitrogens is 5. The van der Waals surface area contributed by atoms with Crippen molar-refractivity contribution in [1.82, 2.24) is 24.6 Å². The third kappa shape index (κ3) is 2.70. The molecule has 4 bridgehead atoms. The van der Waals surface area contributed by atoms with Crippen LogP contribution in [0.1, 0.15) is 44.1 Å². The number of anilines is 4. The van der Waals surface area contributed by atoms with Crippen molar-refractivity contribution < 1.29 is 4.74 Å². The van der Waals surface area contributed by atoms with E-state index in [1.165, 1.54) is 32.1 Å². The number of nitrogens with one attached hydrogen (secondary N) is 1. The number of nitrogens with zero attached hydrogens (tertiary/aromatic N) is 7. The highest BCUT2D eigenvalue weighted by Crippen LogP contribution is 2.63. The van der Waals surface area contributed by atoms with Crippen LogP contribution in [0.4, 0.5) is 23.1 Å². The summed E-state index contributed by atoms with van der Waals surface area (Å²) < 4.78 is 7.96. The summed E-state index contributed by atoms with van der Waals surface area (Å²) in [4.78, 5) is 18.5. The van der Waals surface area contributed by atoms with Gasteiger partial charge < -0.3 is 19.9 Å². The zero-order valence-electron chi connectivity index (χ0n) is 20.0. The minimum absolute atomic E-state index is 0.00212. The predicted octanol–water partition coefficient (Wildman–Crippen LogP) is 4.04. The molecule has 34 heavy (non-hydrogen) atoms. The van der Waals surface area contributed by atoms with E-state index in [0.717, 1.165) is 40.6 Å². The first kappa shape index (κ1) is 20.2. The second-order valence-corrected chi connectivity index (χ2v) is 10.8. The molecule has 1 aliphatic heterocycles. The maximum atomic E-state index is 6.20. The summed E-state index contributed by atoms with van der Waals surface area (Å²) >= 11 is 0. The molecule has 1 N–H and O–H groups in total. The monoisotopic (exact) mass is 458 g/mol. The van der Waals surface area contributed by atoms with E-state index < -0.39 is 0 Å². The van der Waals surface area contributed by atoms with Crippen LogP contribution < -0.4 is 15.1 Å². The molecule has 9 heteroatoms. The van der Waals surface area contributed by atoms with Crippen LogP contribution in [0, 0.1) is 18.8 Å². The maximum absolute atomic E-state index is 6.20. The van der Waals surface area contributed by atoms with Gasteiger partial charge in [-0.3, -0.25) is 0 Å². The Kier molecular flexibility index (Phi) is 3.97. The molecular weight excluding hydrogens is 428 g/mol. The van der Waals surface area contributed by atoms with Gasteiger partial charge in [0.05, 0.1) is 29.2 Å². The van der Waals surface area contributed by atoms with E-state index >= 15 is 0 Å². The Bertz CT molecular complexity index is 1320. The van der Waals surface area contributed by atoms with Crippen LogP contribution in [0.2, 0.25) is 0 Å². The summed E-state index contributed by atoms with van der Waals surface area (Å²) in [5.74, 6) is 3.91. The van der Waals surface area contributed by atoms with Crippen LogP contribution in [0.25, 0.3) is 5.65 Å². The van der Waals surface area contributed by atoms with Crippen LogP contribution in [-0.2, 0) is 4.74 Å². The lowest BCUT2D eigenvalue weighted by Crippen LogP contribution is -2.66. The molecule has 3 aromatic rings. The van der Waals surface area contributed by atoms with Crippen LogP contribution in [0.3, 0.4) is 0 Å². The molecule has 0 aromatic carbocycles. The average molecular weight is 459 g/mol. The summed E-state index contributed by atoms with van der Waals surface area (Å²) in [7, 11) is 3.96. The van der Waals surface area contributed by atoms with Crippen molar-refractivity contribution in [3.63, 3.8) is 0 Å². The van der Waals surface area contributed by atoms with E-state index in [9.17, 15) is 0 Å². The van der Waals surface area contributed by atoms with Crippen molar-refractivity contribution in [3.05, 3.63) is 42.8 Å². The quantitative estimate of drug-likeness (QED) is 0.627. The van der Waals surface area contributed by atoms with Crippen LogP contribution in [-0.4, -0.2) is 49.9 Å². The number of ether oxygens (including phenoxy) is 1. The lowest BCUT2D eigenvalue weighted by atomic mass is 9.50. The zero-order chi connectivity index (χ0) is 23.2. The number of hydrogen-bond acceptors (Lipinski definition) is 8. The number of rotatable bonds is 4. The molecule has 4 aliphatic carbocycles. The van der Waals surface area contributed by atoms with Gasteiger partial charge in [0.2, 0.25) is 5.95 Å². The van der Waals surface area contributed by atoms with Gasteiger partial charge in [-0.05, 0) is 62.5 Å². The van der Waals surface area contributed by atoms with Crippen LogP contribution >= 0.6 is 0 Å². The third-order valence-electron chi connectivity index (χ3n) is 8.72. The van der Waals surface area contributed by atoms with Gasteiger partial charge in [-0.25, -0.2) is 14.5 Å². The number of fused-ring (bicyclic) bond motifs is 2. The number of aryl methyl sites for hydroxylation is 1. The van der Waals surface area contributed by atoms with Gasteiger partial charge in [0.25, 0.3) is 0 Å². The Morgan fingerprint density at radius 2 is 1.97 bits per heavy atom. The molecule has 4 heterocycles. The fourth-order valence-corrected chi connectivity index (χ4v) is 7.58. The van der Waals surface area contributed by atoms with E-state index in [1.54, 1.807) is 10.8 Å². The van der Waals surface area contributed by atoms with Gasteiger partial charge in [-0.15, -0.1) is 0 Å². The van der Waals surface area contributed by atoms with Gasteiger partial charge in [0.1, 0.15) is 17.8 Å². The molecule has 176 valence electrons. The second kappa shape index (κ2) is 6.69. The molecule has 0 amide bonds. The van der Waals surface area contributed by atoms with Crippen molar-refractivity contribution in [3.8, 4) is 0 Å². The molecule has 0 saturated heterocycles. The minimum Gasteiger partial charge on any atom is -0.378 e. The SMILES string of the molecule is C=C1N(C)c2cnc(Nc3cn4ncnc4cc3C)nc2N1C12CC3CC(CC(OC)(C3)C1)C2. The highest BCUT2D eigenvalue weighted by molar-refractivity contribution is 5.81. The van der Waals surface area contributed by atoms with E-state index in [4.69, 9.17) is 9.72 Å². The van der Waals surface area contributed by atoms with Crippen molar-refractivity contribution in [2.45, 2.75) is 56.6 Å². The number of hydrogen-bond donors (Lipinski definition) is 1. The van der Waals surface area contributed by atoms with Crippen molar-refractivity contribution in [2.75, 3.05) is 29.3 Å². The lowest BCUT2D eigenvalue weighted by molar-refractivity contribution is -0.153. The first-order valence-electron chi connectivity index (χ1n) is 12.1. The van der Waals surface area contributed by atoms with Gasteiger partial charge in [0.15, 0.2) is 11.5 Å². The van der Waals surface area contributed by atoms with Crippen molar-refractivity contribution >= 4 is 28.8 Å². The normalized spacial score (nSPS) is 31.6. The molecule has 9 nitrogen and oxygen atoms in total. The molecule has 0 radical (unpaired) electrons. The standard InChI is InChI=1S/C25H30N8O/c1-15-5-21-27-14-28-32(21)12-19(15)29-23-26-11-20-22(30-23)33(16(2)31(20)3)24-7-17-6-18(8-24)10-25(9-17,13-24)34-4/h5,11-12,14,17-18H,2,6-10,13H2,1,3-4H3,(H,26,29,30). The summed E-state index contributed by atoms with van der Waals surface area (Å²) in [5.41, 5.74) is 3.77. The molecule has 0 spiro atoms. The highest BCUT2D eigenvalue weighted by Gasteiger charge is 2.62. The summed E-state index contributed by atoms with van der Waals surface area (Å²) in [6.07, 6.45) is 12.5. The average Bonchev–Trinajstić information content (AvgIpc) is 3.35. The molecule has 4 saturated carbocycles. The van der Waals surface area contributed by atoms with E-state index in [0.29, 0.717) is 17.8 Å². The molecule has 2 unspecified atom stereocenters. The van der Waals surface area contributed by atoms with E-state index in [1.807, 2.05) is 32.5 Å². The molecule has 8 rings (SSSR count). The summed E-state index contributed by atoms with van der Waals surface area (Å²) in [6.45, 7) is 6.54. The molecule has 4 fully saturated rings. The highest BCUT2D eigenvalue weighted by atomic mass is 16.5. The molecular formula is C25H30N8O. The van der Waals surface area contributed by atoms with Gasteiger partial charge in [-0.1, -0.05) is 6.58 Å². The summed E-state index contributed by atoms with van der Waals surface area (Å²) in [5, 5.41) is 7.67. The van der Waals surface area contributed by atoms with Gasteiger partial charge in [-0.2, -0.15) is 10.1 Å². The number of pyridine rings is 1. The Labute approximate surface area is 198 Å². The Balaban J connectivity index is 1.28. The fourth-order valence-electron chi connectivity index (χ4n) is 7.58. The molecule has 5 aliphatic rings. The van der Waals surface area contributed by atoms with E-state index in [-0.39, 0.29) is 11.1 Å². The van der Waals surface area contributed by atoms with Gasteiger partial charge >= 0.3 is 0 Å². The predicted molar refractivity (Wildman–Crippen MR) is 130 cm³/mol. The molecule has 2 atom stereocenters. The van der Waals surface area contributed by atoms with Crippen molar-refractivity contribution in [2.24, 2.45) is 11.8 Å². The van der Waals surface area contributed by atoms with Crippen molar-refractivity contribution in [1.29, 1.82) is 0 Å². The second-order valence-electron chi connectivity index (χ2n) is 10.8. The maximum Gasteiger partial charge on any atom is 0.229 e. The topological polar surface area (TPSA) is 83.7 Å². The Morgan fingerprint density at radius 1 is 1.18 bits per heavy atom. The lowest BCUT2D eigenvalue weighted by Gasteiger charge is -2.63. The largest absolute Gasteiger partial charge is 0.378 e. The first-order valence-corrected chi connectivity index (χ1v) is 12.1. The number of methoxy groups -OCH3 is 1. The smallest absolute Gasteiger partial charge is 0.229 e. The van der Waals surface area contributed by atoms with Gasteiger partial charge in [0, 0.05) is 20.6 Å². The Hall–Kier alpha value is -3.20. The first-order chi connectivity index (χ1) is 16.4. The van der Waals surface area contributed by atoms with Crippen LogP contribution in [0.5, 0.6) is 0 Å². The van der Waals surface area contributed by atoms with Crippen LogP contribution in [0.15, 0.2) is 37.2 Å². The fraction of sp³-hybridized carbons (Fsp3) is 0.520. The summed E-state index contributed by atoms with van der Waals surface area (Å²) in [6, 6.07) is 2.00. The molecule has 3 aromatic heterocycles. The Morgan fingerprint density at radius 3 is 2.74 bits per heavy atom. The van der Waals surface area contributed by atoms with E-state index in [2.05, 4.69) is 43.8 Å². The zero-order valence-corrected chi connectivity index (χ0v) is 20.0. The third-order valence-corrected chi connectivity index (χ3v) is 8.72.